The second-order valence-electron chi connectivity index (χ2n) is 5.77. The van der Waals surface area contributed by atoms with Crippen molar-refractivity contribution in [2.45, 2.75) is 57.7 Å². The minimum atomic E-state index is -2.39. The molecule has 3 atom stereocenters. The van der Waals surface area contributed by atoms with Crippen LogP contribution in [0.5, 0.6) is 0 Å². The van der Waals surface area contributed by atoms with Gasteiger partial charge in [-0.2, -0.15) is 0 Å². The molecule has 1 aliphatic heterocycles. The van der Waals surface area contributed by atoms with Gasteiger partial charge in [0, 0.05) is 6.20 Å². The van der Waals surface area contributed by atoms with Crippen molar-refractivity contribution in [1.82, 2.24) is 9.55 Å². The molecule has 0 saturated carbocycles. The van der Waals surface area contributed by atoms with Gasteiger partial charge >= 0.3 is 11.7 Å². The number of aromatic amines is 1. The predicted molar refractivity (Wildman–Crippen MR) is 92.2 cm³/mol. The molecule has 2 heterocycles. The maximum Gasteiger partial charge on any atom is 0.330 e. The second-order valence-corrected chi connectivity index (χ2v) is 5.77. The van der Waals surface area contributed by atoms with E-state index in [2.05, 4.69) is 18.6 Å². The first-order chi connectivity index (χ1) is 12.2. The first-order valence-electron chi connectivity index (χ1n) is 8.23. The highest BCUT2D eigenvalue weighted by Gasteiger charge is 2.42. The molecular formula is C15H24BN3O7. The van der Waals surface area contributed by atoms with Crippen LogP contribution in [0.15, 0.2) is 15.8 Å². The van der Waals surface area contributed by atoms with Crippen LogP contribution in [-0.2, 0) is 20.9 Å². The molecule has 11 heteroatoms. The number of ether oxygens (including phenoxy) is 2. The predicted octanol–water partition coefficient (Wildman–Crippen LogP) is -1.56. The lowest BCUT2D eigenvalue weighted by Gasteiger charge is -2.30. The number of nitrogens with two attached hydrogens (primary N) is 1. The molecule has 3 unspecified atom stereocenters. The van der Waals surface area contributed by atoms with E-state index in [1.807, 2.05) is 4.98 Å². The molecule has 2 radical (unpaired) electrons. The van der Waals surface area contributed by atoms with E-state index in [1.165, 1.54) is 6.42 Å². The fourth-order valence-electron chi connectivity index (χ4n) is 2.27. The van der Waals surface area contributed by atoms with Gasteiger partial charge in [-0.3, -0.25) is 19.1 Å². The van der Waals surface area contributed by atoms with Gasteiger partial charge in [0.1, 0.15) is 12.3 Å². The van der Waals surface area contributed by atoms with E-state index in [9.17, 15) is 19.5 Å². The number of aliphatic hydroxyl groups is 2. The van der Waals surface area contributed by atoms with Crippen LogP contribution in [0.3, 0.4) is 0 Å². The van der Waals surface area contributed by atoms with Crippen molar-refractivity contribution in [3.8, 4) is 0 Å². The fourth-order valence-corrected chi connectivity index (χ4v) is 2.27. The van der Waals surface area contributed by atoms with Crippen molar-refractivity contribution in [2.24, 2.45) is 5.73 Å². The quantitative estimate of drug-likeness (QED) is 0.276. The molecule has 2 rings (SSSR count). The summed E-state index contributed by atoms with van der Waals surface area (Å²) in [6.45, 7) is 3.23. The van der Waals surface area contributed by atoms with E-state index in [1.54, 1.807) is 0 Å². The zero-order valence-electron chi connectivity index (χ0n) is 14.8. The Kier molecular flexibility index (Phi) is 8.22. The summed E-state index contributed by atoms with van der Waals surface area (Å²) in [5.41, 5.74) is 1.23. The largest absolute Gasteiger partial charge is 0.440 e. The van der Waals surface area contributed by atoms with Gasteiger partial charge < -0.3 is 25.4 Å². The van der Waals surface area contributed by atoms with Gasteiger partial charge in [0.2, 0.25) is 0 Å². The standard InChI is InChI=1S/C12H16BN3O7.C3H8/c13-12(21,23-9(18)3-14)7-1-2-8(22-7)16-4-6(5-17)10(19)15-11(16)20;1-3-2/h4,7-8,17,21H,1-3,5,14H2,(H,15,19,20);3H2,1-2H3. The highest BCUT2D eigenvalue weighted by atomic mass is 16.7. The molecule has 1 aromatic rings. The molecule has 0 spiro atoms. The number of carbonyl (C=O) groups excluding carboxylic acids is 1. The summed E-state index contributed by atoms with van der Waals surface area (Å²) in [4.78, 5) is 36.4. The normalized spacial score (nSPS) is 21.4. The number of carbonyl (C=O) groups is 1. The van der Waals surface area contributed by atoms with Crippen molar-refractivity contribution < 1.29 is 24.5 Å². The Labute approximate surface area is 151 Å². The Morgan fingerprint density at radius 3 is 2.65 bits per heavy atom. The average molecular weight is 369 g/mol. The monoisotopic (exact) mass is 369 g/mol. The van der Waals surface area contributed by atoms with Crippen LogP contribution in [0.1, 0.15) is 44.9 Å². The lowest BCUT2D eigenvalue weighted by molar-refractivity contribution is -0.214. The third-order valence-electron chi connectivity index (χ3n) is 3.42. The van der Waals surface area contributed by atoms with Gasteiger partial charge in [-0.1, -0.05) is 20.3 Å². The minimum Gasteiger partial charge on any atom is -0.440 e. The molecule has 1 aliphatic rings. The number of hydrogen-bond acceptors (Lipinski definition) is 8. The van der Waals surface area contributed by atoms with Crippen LogP contribution >= 0.6 is 0 Å². The number of rotatable bonds is 5. The molecule has 144 valence electrons. The number of nitrogens with zero attached hydrogens (tertiary/aromatic N) is 1. The Morgan fingerprint density at radius 2 is 2.12 bits per heavy atom. The summed E-state index contributed by atoms with van der Waals surface area (Å²) in [6.07, 6.45) is 0.938. The molecule has 1 aromatic heterocycles. The molecule has 0 aliphatic carbocycles. The molecule has 1 saturated heterocycles. The second kappa shape index (κ2) is 9.67. The van der Waals surface area contributed by atoms with Crippen LogP contribution < -0.4 is 17.0 Å². The average Bonchev–Trinajstić information content (AvgIpc) is 3.06. The highest BCUT2D eigenvalue weighted by molar-refractivity contribution is 6.14. The number of aliphatic hydroxyl groups excluding tert-OH is 1. The van der Waals surface area contributed by atoms with Gasteiger partial charge in [0.25, 0.3) is 5.56 Å². The van der Waals surface area contributed by atoms with Crippen LogP contribution in [0.4, 0.5) is 0 Å². The third-order valence-corrected chi connectivity index (χ3v) is 3.42. The molecule has 0 bridgehead atoms. The number of esters is 1. The van der Waals surface area contributed by atoms with Gasteiger partial charge in [0.05, 0.1) is 18.7 Å². The number of nitrogens with one attached hydrogen (secondary N) is 1. The lowest BCUT2D eigenvalue weighted by Crippen LogP contribution is -2.48. The molecule has 10 nitrogen and oxygen atoms in total. The summed E-state index contributed by atoms with van der Waals surface area (Å²) < 4.78 is 11.1. The van der Waals surface area contributed by atoms with E-state index in [-0.39, 0.29) is 18.4 Å². The summed E-state index contributed by atoms with van der Waals surface area (Å²) in [5, 5.41) is 19.0. The van der Waals surface area contributed by atoms with Gasteiger partial charge in [-0.05, 0) is 12.8 Å². The number of aromatic nitrogens is 2. The van der Waals surface area contributed by atoms with Crippen molar-refractivity contribution in [2.75, 3.05) is 6.54 Å². The Hall–Kier alpha value is -1.95. The maximum atomic E-state index is 11.8. The summed E-state index contributed by atoms with van der Waals surface area (Å²) >= 11 is 0. The third kappa shape index (κ3) is 5.53. The van der Waals surface area contributed by atoms with Crippen LogP contribution in [0, 0.1) is 0 Å². The van der Waals surface area contributed by atoms with Crippen LogP contribution in [-0.4, -0.2) is 51.9 Å². The molecule has 0 aromatic carbocycles. The van der Waals surface area contributed by atoms with E-state index >= 15 is 0 Å². The van der Waals surface area contributed by atoms with Gasteiger partial charge in [0.15, 0.2) is 13.5 Å². The topological polar surface area (TPSA) is 157 Å². The number of H-pyrrole nitrogens is 1. The van der Waals surface area contributed by atoms with E-state index in [0.717, 1.165) is 10.8 Å². The van der Waals surface area contributed by atoms with Crippen molar-refractivity contribution in [3.05, 3.63) is 32.6 Å². The van der Waals surface area contributed by atoms with Gasteiger partial charge in [-0.15, -0.1) is 0 Å². The minimum absolute atomic E-state index is 0.0192. The molecule has 1 fully saturated rings. The van der Waals surface area contributed by atoms with Crippen molar-refractivity contribution >= 4 is 13.8 Å². The zero-order valence-corrected chi connectivity index (χ0v) is 14.8. The first-order valence-corrected chi connectivity index (χ1v) is 8.23. The summed E-state index contributed by atoms with van der Waals surface area (Å²) in [7, 11) is 5.50. The smallest absolute Gasteiger partial charge is 0.330 e. The molecule has 26 heavy (non-hydrogen) atoms. The zero-order chi connectivity index (χ0) is 19.9. The molecule has 0 amide bonds. The van der Waals surface area contributed by atoms with Crippen molar-refractivity contribution in [3.63, 3.8) is 0 Å². The lowest BCUT2D eigenvalue weighted by atomic mass is 9.87. The first kappa shape index (κ1) is 22.1. The summed E-state index contributed by atoms with van der Waals surface area (Å²) in [6, 6.07) is 0. The molecular weight excluding hydrogens is 345 g/mol. The van der Waals surface area contributed by atoms with E-state index in [0.29, 0.717) is 0 Å². The SMILES string of the molecule is CCC.[B]C(O)(OC(=O)CN)C1CCC(n2cc(CO)c(=O)[nH]c2=O)O1. The Balaban J connectivity index is 0.00000105. The highest BCUT2D eigenvalue weighted by Crippen LogP contribution is 2.32. The number of hydrogen-bond donors (Lipinski definition) is 4. The fraction of sp³-hybridized carbons (Fsp3) is 0.667. The Morgan fingerprint density at radius 1 is 1.50 bits per heavy atom. The summed E-state index contributed by atoms with van der Waals surface area (Å²) in [5.74, 6) is -0.911. The van der Waals surface area contributed by atoms with Crippen LogP contribution in [0.2, 0.25) is 0 Å². The Bertz CT molecular complexity index is 716. The van der Waals surface area contributed by atoms with Gasteiger partial charge in [-0.25, -0.2) is 4.79 Å². The molecule has 5 N–H and O–H groups in total. The van der Waals surface area contributed by atoms with Crippen LogP contribution in [0.25, 0.3) is 0 Å². The van der Waals surface area contributed by atoms with Crippen molar-refractivity contribution in [1.29, 1.82) is 0 Å². The van der Waals surface area contributed by atoms with E-state index in [4.69, 9.17) is 23.4 Å². The van der Waals surface area contributed by atoms with E-state index < -0.39 is 48.4 Å². The maximum absolute atomic E-state index is 11.8.